The van der Waals surface area contributed by atoms with Gasteiger partial charge in [0.05, 0.1) is 5.56 Å². The molecule has 136 valence electrons. The first-order valence-corrected chi connectivity index (χ1v) is 9.10. The third-order valence-corrected chi connectivity index (χ3v) is 4.89. The van der Waals surface area contributed by atoms with Gasteiger partial charge in [0.1, 0.15) is 0 Å². The van der Waals surface area contributed by atoms with E-state index in [9.17, 15) is 9.59 Å². The van der Waals surface area contributed by atoms with Crippen molar-refractivity contribution < 1.29 is 14.3 Å². The fourth-order valence-corrected chi connectivity index (χ4v) is 3.38. The Morgan fingerprint density at radius 3 is 2.35 bits per heavy atom. The number of fused-ring (bicyclic) bond motifs is 1. The predicted molar refractivity (Wildman–Crippen MR) is 103 cm³/mol. The van der Waals surface area contributed by atoms with Gasteiger partial charge in [0, 0.05) is 11.7 Å². The maximum Gasteiger partial charge on any atom is 0.338 e. The number of hydrogen-bond acceptors (Lipinski definition) is 3. The molecular formula is C22H25NO3. The third-order valence-electron chi connectivity index (χ3n) is 4.89. The van der Waals surface area contributed by atoms with Crippen LogP contribution in [0.4, 0.5) is 5.69 Å². The summed E-state index contributed by atoms with van der Waals surface area (Å²) in [6.45, 7) is 7.85. The molecule has 2 atom stereocenters. The number of para-hydroxylation sites is 1. The molecule has 1 aliphatic heterocycles. The van der Waals surface area contributed by atoms with Crippen LogP contribution in [-0.4, -0.2) is 24.0 Å². The Hall–Kier alpha value is -2.62. The quantitative estimate of drug-likeness (QED) is 0.770. The zero-order valence-corrected chi connectivity index (χ0v) is 15.7. The van der Waals surface area contributed by atoms with Gasteiger partial charge in [-0.3, -0.25) is 4.79 Å². The highest BCUT2D eigenvalue weighted by atomic mass is 16.5. The molecule has 0 aliphatic carbocycles. The molecule has 0 saturated carbocycles. The summed E-state index contributed by atoms with van der Waals surface area (Å²) in [6.07, 6.45) is -0.0138. The standard InChI is InChI=1S/C22H25NO3/c1-14(2)17-9-11-18(12-10-17)22(25)26-16(4)21(24)23-15(3)13-19-7-5-6-8-20(19)23/h5-12,14-16H,13H2,1-4H3/t15-,16+/m1/s1. The van der Waals surface area contributed by atoms with Crippen LogP contribution in [0.15, 0.2) is 48.5 Å². The molecule has 1 amide bonds. The molecule has 0 spiro atoms. The van der Waals surface area contributed by atoms with Gasteiger partial charge in [0.2, 0.25) is 0 Å². The van der Waals surface area contributed by atoms with E-state index in [0.29, 0.717) is 11.5 Å². The van der Waals surface area contributed by atoms with Crippen molar-refractivity contribution >= 4 is 17.6 Å². The predicted octanol–water partition coefficient (Wildman–Crippen LogP) is 4.33. The SMILES string of the molecule is CC(C)c1ccc(C(=O)O[C@@H](C)C(=O)N2c3ccccc3C[C@H]2C)cc1. The van der Waals surface area contributed by atoms with Crippen LogP contribution in [0, 0.1) is 0 Å². The molecule has 1 aliphatic rings. The van der Waals surface area contributed by atoms with Crippen molar-refractivity contribution in [3.63, 3.8) is 0 Å². The van der Waals surface area contributed by atoms with Crippen LogP contribution in [0.1, 0.15) is 55.1 Å². The second-order valence-electron chi connectivity index (χ2n) is 7.21. The number of benzene rings is 2. The molecule has 2 aromatic carbocycles. The van der Waals surface area contributed by atoms with Crippen molar-refractivity contribution in [1.82, 2.24) is 0 Å². The second kappa shape index (κ2) is 7.32. The Morgan fingerprint density at radius 1 is 1.04 bits per heavy atom. The number of esters is 1. The molecule has 4 nitrogen and oxygen atoms in total. The van der Waals surface area contributed by atoms with E-state index < -0.39 is 12.1 Å². The van der Waals surface area contributed by atoms with Gasteiger partial charge in [-0.15, -0.1) is 0 Å². The van der Waals surface area contributed by atoms with E-state index in [-0.39, 0.29) is 11.9 Å². The van der Waals surface area contributed by atoms with Gasteiger partial charge in [-0.25, -0.2) is 4.79 Å². The summed E-state index contributed by atoms with van der Waals surface area (Å²) in [5.74, 6) is -0.256. The number of amides is 1. The second-order valence-corrected chi connectivity index (χ2v) is 7.21. The number of carbonyl (C=O) groups is 2. The molecular weight excluding hydrogens is 326 g/mol. The van der Waals surface area contributed by atoms with Gasteiger partial charge >= 0.3 is 5.97 Å². The average Bonchev–Trinajstić information content (AvgIpc) is 2.96. The number of anilines is 1. The van der Waals surface area contributed by atoms with Crippen molar-refractivity contribution in [3.05, 3.63) is 65.2 Å². The third kappa shape index (κ3) is 3.50. The summed E-state index contributed by atoms with van der Waals surface area (Å²) in [6, 6.07) is 15.3. The van der Waals surface area contributed by atoms with E-state index in [0.717, 1.165) is 23.2 Å². The molecule has 0 radical (unpaired) electrons. The van der Waals surface area contributed by atoms with Gasteiger partial charge in [-0.1, -0.05) is 44.2 Å². The first-order chi connectivity index (χ1) is 12.4. The highest BCUT2D eigenvalue weighted by Gasteiger charge is 2.34. The number of hydrogen-bond donors (Lipinski definition) is 0. The molecule has 4 heteroatoms. The van der Waals surface area contributed by atoms with E-state index in [1.807, 2.05) is 43.3 Å². The maximum atomic E-state index is 12.9. The summed E-state index contributed by atoms with van der Waals surface area (Å²) < 4.78 is 5.44. The zero-order chi connectivity index (χ0) is 18.8. The summed E-state index contributed by atoms with van der Waals surface area (Å²) in [5, 5.41) is 0. The molecule has 0 fully saturated rings. The minimum Gasteiger partial charge on any atom is -0.449 e. The fraction of sp³-hybridized carbons (Fsp3) is 0.364. The number of rotatable bonds is 4. The summed E-state index contributed by atoms with van der Waals surface area (Å²) in [5.41, 5.74) is 3.68. The Balaban J connectivity index is 1.70. The highest BCUT2D eigenvalue weighted by Crippen LogP contribution is 2.32. The zero-order valence-electron chi connectivity index (χ0n) is 15.7. The molecule has 26 heavy (non-hydrogen) atoms. The van der Waals surface area contributed by atoms with Crippen LogP contribution >= 0.6 is 0 Å². The molecule has 0 unspecified atom stereocenters. The summed E-state index contributed by atoms with van der Waals surface area (Å²) >= 11 is 0. The molecule has 2 aromatic rings. The van der Waals surface area contributed by atoms with E-state index in [2.05, 4.69) is 13.8 Å². The Morgan fingerprint density at radius 2 is 1.69 bits per heavy atom. The van der Waals surface area contributed by atoms with E-state index >= 15 is 0 Å². The smallest absolute Gasteiger partial charge is 0.338 e. The Bertz CT molecular complexity index is 810. The first-order valence-electron chi connectivity index (χ1n) is 9.10. The Labute approximate surface area is 154 Å². The van der Waals surface area contributed by atoms with Crippen molar-refractivity contribution in [2.75, 3.05) is 4.90 Å². The molecule has 0 bridgehead atoms. The molecule has 1 heterocycles. The molecule has 0 aromatic heterocycles. The normalized spacial score (nSPS) is 17.1. The average molecular weight is 351 g/mol. The van der Waals surface area contributed by atoms with Crippen LogP contribution in [-0.2, 0) is 16.0 Å². The van der Waals surface area contributed by atoms with Crippen LogP contribution in [0.2, 0.25) is 0 Å². The van der Waals surface area contributed by atoms with Gasteiger partial charge in [-0.05, 0) is 55.5 Å². The van der Waals surface area contributed by atoms with Crippen molar-refractivity contribution in [3.8, 4) is 0 Å². The van der Waals surface area contributed by atoms with Crippen LogP contribution < -0.4 is 4.90 Å². The molecule has 0 saturated heterocycles. The van der Waals surface area contributed by atoms with Gasteiger partial charge in [-0.2, -0.15) is 0 Å². The summed E-state index contributed by atoms with van der Waals surface area (Å²) in [4.78, 5) is 27.0. The lowest BCUT2D eigenvalue weighted by molar-refractivity contribution is -0.126. The lowest BCUT2D eigenvalue weighted by Crippen LogP contribution is -2.43. The molecule has 3 rings (SSSR count). The lowest BCUT2D eigenvalue weighted by Gasteiger charge is -2.26. The van der Waals surface area contributed by atoms with Crippen molar-refractivity contribution in [1.29, 1.82) is 0 Å². The molecule has 0 N–H and O–H groups in total. The largest absolute Gasteiger partial charge is 0.449 e. The monoisotopic (exact) mass is 351 g/mol. The van der Waals surface area contributed by atoms with Gasteiger partial charge in [0.15, 0.2) is 6.10 Å². The minimum absolute atomic E-state index is 0.0615. The van der Waals surface area contributed by atoms with E-state index in [1.54, 1.807) is 24.0 Å². The maximum absolute atomic E-state index is 12.9. The van der Waals surface area contributed by atoms with E-state index in [1.165, 1.54) is 0 Å². The Kier molecular flexibility index (Phi) is 5.12. The van der Waals surface area contributed by atoms with Crippen molar-refractivity contribution in [2.45, 2.75) is 52.2 Å². The van der Waals surface area contributed by atoms with Crippen LogP contribution in [0.25, 0.3) is 0 Å². The topological polar surface area (TPSA) is 46.6 Å². The van der Waals surface area contributed by atoms with E-state index in [4.69, 9.17) is 4.74 Å². The van der Waals surface area contributed by atoms with Crippen LogP contribution in [0.5, 0.6) is 0 Å². The number of nitrogens with zero attached hydrogens (tertiary/aromatic N) is 1. The van der Waals surface area contributed by atoms with Crippen LogP contribution in [0.3, 0.4) is 0 Å². The van der Waals surface area contributed by atoms with Gasteiger partial charge < -0.3 is 9.64 Å². The van der Waals surface area contributed by atoms with Gasteiger partial charge in [0.25, 0.3) is 5.91 Å². The fourth-order valence-electron chi connectivity index (χ4n) is 3.38. The first kappa shape index (κ1) is 18.2. The van der Waals surface area contributed by atoms with Crippen molar-refractivity contribution in [2.24, 2.45) is 0 Å². The lowest BCUT2D eigenvalue weighted by atomic mass is 10.0. The number of carbonyl (C=O) groups excluding carboxylic acids is 2. The number of ether oxygens (including phenoxy) is 1. The highest BCUT2D eigenvalue weighted by molar-refractivity contribution is 6.00. The summed E-state index contributed by atoms with van der Waals surface area (Å²) in [7, 11) is 0. The minimum atomic E-state index is -0.833.